The van der Waals surface area contributed by atoms with Crippen LogP contribution < -0.4 is 5.32 Å². The quantitative estimate of drug-likeness (QED) is 0.277. The molecular weight excluding hydrogens is 484 g/mol. The Balaban J connectivity index is 1.26. The lowest BCUT2D eigenvalue weighted by Gasteiger charge is -2.45. The van der Waals surface area contributed by atoms with Crippen LogP contribution in [0.2, 0.25) is 0 Å². The molecule has 0 atom stereocenters. The van der Waals surface area contributed by atoms with Gasteiger partial charge < -0.3 is 19.6 Å². The predicted molar refractivity (Wildman–Crippen MR) is 157 cm³/mol. The first-order chi connectivity index (χ1) is 19.2. The molecule has 2 heterocycles. The molecule has 0 bridgehead atoms. The molecule has 0 unspecified atom stereocenters. The van der Waals surface area contributed by atoms with Crippen molar-refractivity contribution in [3.05, 3.63) is 115 Å². The third-order valence-corrected chi connectivity index (χ3v) is 7.73. The van der Waals surface area contributed by atoms with Gasteiger partial charge in [-0.25, -0.2) is 4.79 Å². The van der Waals surface area contributed by atoms with Crippen LogP contribution in [0.15, 0.2) is 103 Å². The van der Waals surface area contributed by atoms with E-state index in [9.17, 15) is 9.59 Å². The van der Waals surface area contributed by atoms with Gasteiger partial charge in [0.15, 0.2) is 0 Å². The highest BCUT2D eigenvalue weighted by Gasteiger charge is 2.42. The molecule has 0 aliphatic carbocycles. The SMILES string of the molecule is O=CC1(N(CCn2cccc2)C(=O)NC/C=C/c2ccccc2)CCN(Cc2cccc3ccccc23)CC1. The van der Waals surface area contributed by atoms with Gasteiger partial charge in [0.05, 0.1) is 0 Å². The summed E-state index contributed by atoms with van der Waals surface area (Å²) in [6.45, 7) is 3.83. The Bertz CT molecular complexity index is 1380. The first-order valence-corrected chi connectivity index (χ1v) is 13.7. The Morgan fingerprint density at radius 1 is 0.897 bits per heavy atom. The summed E-state index contributed by atoms with van der Waals surface area (Å²) in [5.41, 5.74) is 1.55. The van der Waals surface area contributed by atoms with E-state index in [2.05, 4.69) is 52.7 Å². The van der Waals surface area contributed by atoms with Gasteiger partial charge in [0.25, 0.3) is 0 Å². The molecule has 1 aliphatic heterocycles. The molecule has 1 N–H and O–H groups in total. The smallest absolute Gasteiger partial charge is 0.318 e. The molecular formula is C33H36N4O2. The van der Waals surface area contributed by atoms with Crippen molar-refractivity contribution < 1.29 is 9.59 Å². The first kappa shape index (κ1) is 26.4. The number of hydrogen-bond acceptors (Lipinski definition) is 3. The minimum Gasteiger partial charge on any atom is -0.352 e. The molecule has 39 heavy (non-hydrogen) atoms. The van der Waals surface area contributed by atoms with Crippen molar-refractivity contribution in [1.29, 1.82) is 0 Å². The highest BCUT2D eigenvalue weighted by Crippen LogP contribution is 2.29. The van der Waals surface area contributed by atoms with Crippen LogP contribution in [-0.4, -0.2) is 58.4 Å². The fourth-order valence-electron chi connectivity index (χ4n) is 5.48. The zero-order valence-corrected chi connectivity index (χ0v) is 22.3. The molecule has 3 aromatic carbocycles. The van der Waals surface area contributed by atoms with Crippen LogP contribution in [0.25, 0.3) is 16.8 Å². The van der Waals surface area contributed by atoms with Crippen molar-refractivity contribution in [3.8, 4) is 0 Å². The monoisotopic (exact) mass is 520 g/mol. The second-order valence-corrected chi connectivity index (χ2v) is 10.2. The number of urea groups is 1. The number of hydrogen-bond donors (Lipinski definition) is 1. The van der Waals surface area contributed by atoms with E-state index in [0.717, 1.165) is 31.5 Å². The second-order valence-electron chi connectivity index (χ2n) is 10.2. The summed E-state index contributed by atoms with van der Waals surface area (Å²) in [5, 5.41) is 5.54. The number of aromatic nitrogens is 1. The van der Waals surface area contributed by atoms with Gasteiger partial charge in [-0.1, -0.05) is 84.9 Å². The van der Waals surface area contributed by atoms with Crippen LogP contribution in [-0.2, 0) is 17.9 Å². The molecule has 0 radical (unpaired) electrons. The molecule has 4 aromatic rings. The molecule has 1 saturated heterocycles. The van der Waals surface area contributed by atoms with Crippen LogP contribution in [0, 0.1) is 0 Å². The van der Waals surface area contributed by atoms with Crippen molar-refractivity contribution in [2.75, 3.05) is 26.2 Å². The summed E-state index contributed by atoms with van der Waals surface area (Å²) < 4.78 is 2.05. The average Bonchev–Trinajstić information content (AvgIpc) is 3.51. The van der Waals surface area contributed by atoms with Crippen LogP contribution >= 0.6 is 0 Å². The summed E-state index contributed by atoms with van der Waals surface area (Å²) in [7, 11) is 0. The number of amides is 2. The van der Waals surface area contributed by atoms with Crippen molar-refractivity contribution >= 4 is 29.2 Å². The summed E-state index contributed by atoms with van der Waals surface area (Å²) in [4.78, 5) is 30.3. The van der Waals surface area contributed by atoms with E-state index in [0.29, 0.717) is 32.5 Å². The number of nitrogens with zero attached hydrogens (tertiary/aromatic N) is 3. The number of carbonyl (C=O) groups is 2. The Hall–Kier alpha value is -4.16. The lowest BCUT2D eigenvalue weighted by molar-refractivity contribution is -0.120. The molecule has 6 heteroatoms. The number of rotatable bonds is 10. The highest BCUT2D eigenvalue weighted by molar-refractivity contribution is 5.85. The van der Waals surface area contributed by atoms with Crippen molar-refractivity contribution in [2.45, 2.75) is 31.5 Å². The van der Waals surface area contributed by atoms with Gasteiger partial charge in [-0.15, -0.1) is 0 Å². The van der Waals surface area contributed by atoms with Crippen LogP contribution in [0.3, 0.4) is 0 Å². The summed E-state index contributed by atoms with van der Waals surface area (Å²) >= 11 is 0. The maximum Gasteiger partial charge on any atom is 0.318 e. The summed E-state index contributed by atoms with van der Waals surface area (Å²) in [5.74, 6) is 0. The molecule has 0 spiro atoms. The number of nitrogens with one attached hydrogen (secondary N) is 1. The highest BCUT2D eigenvalue weighted by atomic mass is 16.2. The molecule has 1 aliphatic rings. The van der Waals surface area contributed by atoms with Crippen LogP contribution in [0.1, 0.15) is 24.0 Å². The zero-order valence-electron chi connectivity index (χ0n) is 22.3. The average molecular weight is 521 g/mol. The van der Waals surface area contributed by atoms with Gasteiger partial charge in [-0.05, 0) is 46.9 Å². The molecule has 0 saturated carbocycles. The lowest BCUT2D eigenvalue weighted by Crippen LogP contribution is -2.61. The maximum atomic E-state index is 13.5. The number of benzene rings is 3. The van der Waals surface area contributed by atoms with Crippen molar-refractivity contribution in [2.24, 2.45) is 0 Å². The summed E-state index contributed by atoms with van der Waals surface area (Å²) in [6.07, 6.45) is 10.1. The van der Waals surface area contributed by atoms with E-state index in [-0.39, 0.29) is 6.03 Å². The van der Waals surface area contributed by atoms with Crippen molar-refractivity contribution in [1.82, 2.24) is 19.7 Å². The standard InChI is InChI=1S/C33H36N4O2/c38-27-33(17-22-36(23-18-33)26-30-15-8-14-29-13-4-5-16-31(29)30)37(25-24-35-20-6-7-21-35)32(39)34-19-9-12-28-10-2-1-3-11-28/h1-16,20-21,27H,17-19,22-26H2,(H,34,39)/b12-9+. The normalized spacial score (nSPS) is 15.4. The third-order valence-electron chi connectivity index (χ3n) is 7.73. The van der Waals surface area contributed by atoms with Gasteiger partial charge in [0, 0.05) is 51.7 Å². The van der Waals surface area contributed by atoms with E-state index in [1.165, 1.54) is 16.3 Å². The Morgan fingerprint density at radius 2 is 1.62 bits per heavy atom. The summed E-state index contributed by atoms with van der Waals surface area (Å²) in [6, 6.07) is 28.6. The fourth-order valence-corrected chi connectivity index (χ4v) is 5.48. The van der Waals surface area contributed by atoms with Gasteiger partial charge in [-0.3, -0.25) is 4.90 Å². The first-order valence-electron chi connectivity index (χ1n) is 13.7. The number of piperidine rings is 1. The van der Waals surface area contributed by atoms with E-state index in [1.807, 2.05) is 71.6 Å². The minimum atomic E-state index is -0.824. The van der Waals surface area contributed by atoms with Gasteiger partial charge in [0.2, 0.25) is 0 Å². The molecule has 1 fully saturated rings. The number of fused-ring (bicyclic) bond motifs is 1. The lowest BCUT2D eigenvalue weighted by atomic mass is 9.86. The fraction of sp³-hybridized carbons (Fsp3) is 0.273. The van der Waals surface area contributed by atoms with Gasteiger partial charge in [0.1, 0.15) is 11.8 Å². The number of carbonyl (C=O) groups excluding carboxylic acids is 2. The second kappa shape index (κ2) is 12.6. The van der Waals surface area contributed by atoms with Gasteiger partial charge >= 0.3 is 6.03 Å². The van der Waals surface area contributed by atoms with E-state index in [4.69, 9.17) is 0 Å². The minimum absolute atomic E-state index is 0.200. The zero-order chi connectivity index (χ0) is 26.9. The number of aldehydes is 1. The number of likely N-dealkylation sites (tertiary alicyclic amines) is 1. The van der Waals surface area contributed by atoms with E-state index >= 15 is 0 Å². The molecule has 2 amide bonds. The van der Waals surface area contributed by atoms with Gasteiger partial charge in [-0.2, -0.15) is 0 Å². The Morgan fingerprint density at radius 3 is 2.38 bits per heavy atom. The predicted octanol–water partition coefficient (Wildman–Crippen LogP) is 5.60. The Kier molecular flexibility index (Phi) is 8.54. The maximum absolute atomic E-state index is 13.5. The van der Waals surface area contributed by atoms with Crippen molar-refractivity contribution in [3.63, 3.8) is 0 Å². The largest absolute Gasteiger partial charge is 0.352 e. The molecule has 5 rings (SSSR count). The third kappa shape index (κ3) is 6.47. The van der Waals surface area contributed by atoms with Crippen LogP contribution in [0.4, 0.5) is 4.79 Å². The molecule has 200 valence electrons. The van der Waals surface area contributed by atoms with E-state index < -0.39 is 5.54 Å². The molecule has 1 aromatic heterocycles. The Labute approximate surface area is 230 Å². The van der Waals surface area contributed by atoms with E-state index in [1.54, 1.807) is 4.90 Å². The topological polar surface area (TPSA) is 57.6 Å². The van der Waals surface area contributed by atoms with Crippen LogP contribution in [0.5, 0.6) is 0 Å². The molecule has 6 nitrogen and oxygen atoms in total.